The number of ether oxygens (including phenoxy) is 2. The highest BCUT2D eigenvalue weighted by atomic mass is 16.7. The summed E-state index contributed by atoms with van der Waals surface area (Å²) >= 11 is 0. The number of benzene rings is 1. The molecule has 1 aliphatic heterocycles. The van der Waals surface area contributed by atoms with E-state index in [1.165, 1.54) is 0 Å². The average molecular weight is 329 g/mol. The molecule has 23 heavy (non-hydrogen) atoms. The molecule has 1 heterocycles. The summed E-state index contributed by atoms with van der Waals surface area (Å²) in [5.41, 5.74) is 6.57. The molecule has 0 aromatic heterocycles. The normalized spacial score (nSPS) is 32.5. The molecule has 1 saturated heterocycles. The van der Waals surface area contributed by atoms with Gasteiger partial charge in [0.1, 0.15) is 30.2 Å². The Kier molecular flexibility index (Phi) is 6.31. The van der Waals surface area contributed by atoms with Crippen molar-refractivity contribution in [3.05, 3.63) is 29.8 Å². The molecular formula is C15H23NO7. The second-order valence-corrected chi connectivity index (χ2v) is 5.61. The van der Waals surface area contributed by atoms with Gasteiger partial charge in [-0.05, 0) is 24.1 Å². The largest absolute Gasteiger partial charge is 0.462 e. The molecule has 1 aromatic rings. The fourth-order valence-electron chi connectivity index (χ4n) is 2.37. The highest BCUT2D eigenvalue weighted by Crippen LogP contribution is 2.24. The molecule has 2 rings (SSSR count). The van der Waals surface area contributed by atoms with Crippen LogP contribution in [0, 0.1) is 0 Å². The lowest BCUT2D eigenvalue weighted by Gasteiger charge is -2.39. The SMILES string of the molecule is N[C@H](CO)Cc1ccc(OC2O[C@H](CO)[C@@H](O)[C@H](O)[C@H]2O)cc1. The number of aliphatic hydroxyl groups excluding tert-OH is 5. The third-order valence-corrected chi connectivity index (χ3v) is 3.76. The minimum absolute atomic E-state index is 0.108. The molecule has 1 aliphatic rings. The zero-order valence-corrected chi connectivity index (χ0v) is 12.5. The van der Waals surface area contributed by atoms with Crippen molar-refractivity contribution in [2.45, 2.75) is 43.2 Å². The van der Waals surface area contributed by atoms with Gasteiger partial charge in [0.25, 0.3) is 0 Å². The fraction of sp³-hybridized carbons (Fsp3) is 0.600. The van der Waals surface area contributed by atoms with E-state index in [0.29, 0.717) is 12.2 Å². The minimum atomic E-state index is -1.48. The van der Waals surface area contributed by atoms with E-state index in [2.05, 4.69) is 0 Å². The highest BCUT2D eigenvalue weighted by Gasteiger charge is 2.44. The second kappa shape index (κ2) is 8.02. The lowest BCUT2D eigenvalue weighted by Crippen LogP contribution is -2.60. The van der Waals surface area contributed by atoms with Crippen molar-refractivity contribution >= 4 is 0 Å². The van der Waals surface area contributed by atoms with Crippen molar-refractivity contribution in [3.8, 4) is 5.75 Å². The van der Waals surface area contributed by atoms with Crippen LogP contribution in [0.5, 0.6) is 5.75 Å². The van der Waals surface area contributed by atoms with E-state index in [9.17, 15) is 15.3 Å². The highest BCUT2D eigenvalue weighted by molar-refractivity contribution is 5.28. The van der Waals surface area contributed by atoms with Gasteiger partial charge in [-0.25, -0.2) is 0 Å². The molecular weight excluding hydrogens is 306 g/mol. The molecule has 0 aliphatic carbocycles. The molecule has 1 fully saturated rings. The Morgan fingerprint density at radius 1 is 1.04 bits per heavy atom. The quantitative estimate of drug-likeness (QED) is 0.342. The molecule has 0 saturated carbocycles. The summed E-state index contributed by atoms with van der Waals surface area (Å²) in [6.07, 6.45) is -6.06. The number of aliphatic hydroxyl groups is 5. The summed E-state index contributed by atoms with van der Waals surface area (Å²) in [7, 11) is 0. The van der Waals surface area contributed by atoms with Crippen LogP contribution in [-0.2, 0) is 11.2 Å². The van der Waals surface area contributed by atoms with Crippen LogP contribution < -0.4 is 10.5 Å². The summed E-state index contributed by atoms with van der Waals surface area (Å²) in [6, 6.07) is 6.46. The Hall–Kier alpha value is -1.26. The minimum Gasteiger partial charge on any atom is -0.462 e. The van der Waals surface area contributed by atoms with Crippen molar-refractivity contribution in [1.82, 2.24) is 0 Å². The number of rotatable bonds is 6. The van der Waals surface area contributed by atoms with Crippen LogP contribution in [0.15, 0.2) is 24.3 Å². The van der Waals surface area contributed by atoms with Gasteiger partial charge in [-0.3, -0.25) is 0 Å². The van der Waals surface area contributed by atoms with Crippen molar-refractivity contribution in [2.75, 3.05) is 13.2 Å². The van der Waals surface area contributed by atoms with Gasteiger partial charge >= 0.3 is 0 Å². The summed E-state index contributed by atoms with van der Waals surface area (Å²) in [4.78, 5) is 0. The van der Waals surface area contributed by atoms with Gasteiger partial charge < -0.3 is 40.7 Å². The number of hydrogen-bond acceptors (Lipinski definition) is 8. The predicted molar refractivity (Wildman–Crippen MR) is 79.6 cm³/mol. The molecule has 8 heteroatoms. The standard InChI is InChI=1S/C15H23NO7/c16-9(6-17)5-8-1-3-10(4-2-8)22-15-14(21)13(20)12(19)11(7-18)23-15/h1-4,9,11-15,17-21H,5-7,16H2/t9-,11+,12+,13-,14+,15?/m0/s1. The van der Waals surface area contributed by atoms with E-state index in [1.54, 1.807) is 24.3 Å². The van der Waals surface area contributed by atoms with Crippen LogP contribution in [0.25, 0.3) is 0 Å². The Bertz CT molecular complexity index is 481. The van der Waals surface area contributed by atoms with Crippen LogP contribution >= 0.6 is 0 Å². The van der Waals surface area contributed by atoms with Crippen molar-refractivity contribution in [3.63, 3.8) is 0 Å². The van der Waals surface area contributed by atoms with Gasteiger partial charge in [0, 0.05) is 6.04 Å². The van der Waals surface area contributed by atoms with Crippen LogP contribution in [0.1, 0.15) is 5.56 Å². The van der Waals surface area contributed by atoms with Crippen LogP contribution in [-0.4, -0.2) is 75.5 Å². The van der Waals surface area contributed by atoms with Gasteiger partial charge in [0.15, 0.2) is 0 Å². The molecule has 0 radical (unpaired) electrons. The molecule has 0 bridgehead atoms. The maximum Gasteiger partial charge on any atom is 0.229 e. The smallest absolute Gasteiger partial charge is 0.229 e. The summed E-state index contributed by atoms with van der Waals surface area (Å²) in [5.74, 6) is 0.385. The van der Waals surface area contributed by atoms with Gasteiger partial charge in [0.05, 0.1) is 13.2 Å². The number of nitrogens with two attached hydrogens (primary N) is 1. The fourth-order valence-corrected chi connectivity index (χ4v) is 2.37. The monoisotopic (exact) mass is 329 g/mol. The lowest BCUT2D eigenvalue weighted by molar-refractivity contribution is -0.277. The molecule has 130 valence electrons. The molecule has 1 unspecified atom stereocenters. The van der Waals surface area contributed by atoms with Crippen LogP contribution in [0.3, 0.4) is 0 Å². The first-order valence-corrected chi connectivity index (χ1v) is 7.38. The molecule has 8 nitrogen and oxygen atoms in total. The maximum absolute atomic E-state index is 9.90. The number of hydrogen-bond donors (Lipinski definition) is 6. The summed E-state index contributed by atoms with van der Waals surface area (Å²) in [6.45, 7) is -0.619. The van der Waals surface area contributed by atoms with Gasteiger partial charge in [-0.1, -0.05) is 12.1 Å². The van der Waals surface area contributed by atoms with E-state index in [-0.39, 0.29) is 12.6 Å². The van der Waals surface area contributed by atoms with Crippen LogP contribution in [0.4, 0.5) is 0 Å². The molecule has 1 aromatic carbocycles. The molecule has 7 N–H and O–H groups in total. The Morgan fingerprint density at radius 3 is 2.26 bits per heavy atom. The van der Waals surface area contributed by atoms with Gasteiger partial charge in [-0.15, -0.1) is 0 Å². The second-order valence-electron chi connectivity index (χ2n) is 5.61. The topological polar surface area (TPSA) is 146 Å². The first-order chi connectivity index (χ1) is 11.0. The van der Waals surface area contributed by atoms with Gasteiger partial charge in [0.2, 0.25) is 6.29 Å². The molecule has 0 spiro atoms. The molecule has 6 atom stereocenters. The van der Waals surface area contributed by atoms with E-state index in [1.807, 2.05) is 0 Å². The maximum atomic E-state index is 9.90. The lowest BCUT2D eigenvalue weighted by atomic mass is 9.99. The first-order valence-electron chi connectivity index (χ1n) is 7.38. The summed E-state index contributed by atoms with van der Waals surface area (Å²) in [5, 5.41) is 47.4. The summed E-state index contributed by atoms with van der Waals surface area (Å²) < 4.78 is 10.7. The third kappa shape index (κ3) is 4.39. The Labute approximate surface area is 133 Å². The van der Waals surface area contributed by atoms with E-state index in [4.69, 9.17) is 25.4 Å². The Morgan fingerprint density at radius 2 is 1.70 bits per heavy atom. The van der Waals surface area contributed by atoms with Crippen LogP contribution in [0.2, 0.25) is 0 Å². The Balaban J connectivity index is 2.00. The van der Waals surface area contributed by atoms with Crippen molar-refractivity contribution in [2.24, 2.45) is 5.73 Å². The molecule has 0 amide bonds. The zero-order valence-electron chi connectivity index (χ0n) is 12.5. The van der Waals surface area contributed by atoms with Crippen molar-refractivity contribution in [1.29, 1.82) is 0 Å². The third-order valence-electron chi connectivity index (χ3n) is 3.76. The average Bonchev–Trinajstić information content (AvgIpc) is 2.56. The zero-order chi connectivity index (χ0) is 17.0. The van der Waals surface area contributed by atoms with Crippen molar-refractivity contribution < 1.29 is 35.0 Å². The van der Waals surface area contributed by atoms with E-state index >= 15 is 0 Å². The predicted octanol–water partition coefficient (Wildman–Crippen LogP) is -2.27. The van der Waals surface area contributed by atoms with Gasteiger partial charge in [-0.2, -0.15) is 0 Å². The van der Waals surface area contributed by atoms with E-state index in [0.717, 1.165) is 5.56 Å². The van der Waals surface area contributed by atoms with E-state index < -0.39 is 37.3 Å². The first kappa shape index (κ1) is 18.1.